The Morgan fingerprint density at radius 1 is 1.10 bits per heavy atom. The molecule has 0 aliphatic rings. The quantitative estimate of drug-likeness (QED) is 0.704. The van der Waals surface area contributed by atoms with Gasteiger partial charge in [0.15, 0.2) is 0 Å². The monoisotopic (exact) mass is 432 g/mol. The molecule has 2 aromatic carbocycles. The summed E-state index contributed by atoms with van der Waals surface area (Å²) >= 11 is 0. The first kappa shape index (κ1) is 24.7. The zero-order valence-corrected chi connectivity index (χ0v) is 16.8. The maximum Gasteiger partial charge on any atom is 0.416 e. The largest absolute Gasteiger partial charge is 0.491 e. The number of nitrogens with zero attached hydrogens (tertiary/aromatic N) is 1. The zero-order valence-electron chi connectivity index (χ0n) is 16.0. The van der Waals surface area contributed by atoms with Gasteiger partial charge in [-0.2, -0.15) is 13.2 Å². The molecule has 0 aliphatic carbocycles. The summed E-state index contributed by atoms with van der Waals surface area (Å²) in [6.45, 7) is 1.36. The summed E-state index contributed by atoms with van der Waals surface area (Å²) in [7, 11) is 1.51. The van der Waals surface area contributed by atoms with E-state index in [1.54, 1.807) is 31.2 Å². The van der Waals surface area contributed by atoms with Crippen LogP contribution in [0.4, 0.5) is 13.2 Å². The fourth-order valence-corrected chi connectivity index (χ4v) is 2.69. The van der Waals surface area contributed by atoms with Gasteiger partial charge in [0.2, 0.25) is 5.91 Å². The van der Waals surface area contributed by atoms with Crippen LogP contribution in [0, 0.1) is 0 Å². The van der Waals surface area contributed by atoms with Crippen molar-refractivity contribution in [2.45, 2.75) is 24.7 Å². The van der Waals surface area contributed by atoms with Crippen molar-refractivity contribution < 1.29 is 27.8 Å². The second-order valence-electron chi connectivity index (χ2n) is 6.74. The van der Waals surface area contributed by atoms with E-state index >= 15 is 0 Å². The van der Waals surface area contributed by atoms with Crippen molar-refractivity contribution in [3.8, 4) is 5.75 Å². The van der Waals surface area contributed by atoms with Crippen molar-refractivity contribution >= 4 is 18.3 Å². The molecule has 0 heterocycles. The number of carbonyl (C=O) groups is 1. The third kappa shape index (κ3) is 6.62. The highest BCUT2D eigenvalue weighted by atomic mass is 35.5. The van der Waals surface area contributed by atoms with Crippen LogP contribution in [0.15, 0.2) is 54.6 Å². The third-order valence-electron chi connectivity index (χ3n) is 4.27. The molecule has 0 fully saturated rings. The van der Waals surface area contributed by atoms with Gasteiger partial charge in [0, 0.05) is 13.6 Å². The number of hydrogen-bond donors (Lipinski definition) is 2. The van der Waals surface area contributed by atoms with Crippen LogP contribution < -0.4 is 10.5 Å². The van der Waals surface area contributed by atoms with Gasteiger partial charge in [-0.05, 0) is 36.8 Å². The van der Waals surface area contributed by atoms with Gasteiger partial charge in [-0.25, -0.2) is 0 Å². The minimum Gasteiger partial charge on any atom is -0.491 e. The summed E-state index contributed by atoms with van der Waals surface area (Å²) in [4.78, 5) is 13.9. The minimum absolute atomic E-state index is 0. The van der Waals surface area contributed by atoms with E-state index in [0.717, 1.165) is 12.1 Å². The number of rotatable bonds is 7. The molecule has 29 heavy (non-hydrogen) atoms. The van der Waals surface area contributed by atoms with Gasteiger partial charge >= 0.3 is 6.18 Å². The van der Waals surface area contributed by atoms with Crippen molar-refractivity contribution in [3.05, 3.63) is 65.7 Å². The molecule has 2 rings (SSSR count). The van der Waals surface area contributed by atoms with Crippen molar-refractivity contribution in [3.63, 3.8) is 0 Å². The molecular weight excluding hydrogens is 409 g/mol. The Morgan fingerprint density at radius 3 is 2.17 bits per heavy atom. The lowest BCUT2D eigenvalue weighted by Crippen LogP contribution is -2.51. The summed E-state index contributed by atoms with van der Waals surface area (Å²) < 4.78 is 42.9. The first-order valence-electron chi connectivity index (χ1n) is 8.60. The summed E-state index contributed by atoms with van der Waals surface area (Å²) in [5, 5.41) is 10.1. The summed E-state index contributed by atoms with van der Waals surface area (Å²) in [5.41, 5.74) is 4.77. The molecular formula is C20H24ClF3N2O3. The van der Waals surface area contributed by atoms with Gasteiger partial charge in [0.25, 0.3) is 0 Å². The smallest absolute Gasteiger partial charge is 0.416 e. The molecule has 2 unspecified atom stereocenters. The van der Waals surface area contributed by atoms with Gasteiger partial charge in [0.05, 0.1) is 5.56 Å². The van der Waals surface area contributed by atoms with Crippen LogP contribution >= 0.6 is 12.4 Å². The van der Waals surface area contributed by atoms with Crippen LogP contribution in [-0.2, 0) is 16.5 Å². The Hall–Kier alpha value is -2.29. The van der Waals surface area contributed by atoms with E-state index in [2.05, 4.69) is 0 Å². The van der Waals surface area contributed by atoms with Crippen LogP contribution in [0.1, 0.15) is 18.1 Å². The van der Waals surface area contributed by atoms with Gasteiger partial charge in [-0.3, -0.25) is 4.79 Å². The van der Waals surface area contributed by atoms with E-state index in [9.17, 15) is 23.1 Å². The average Bonchev–Trinajstić information content (AvgIpc) is 2.66. The fourth-order valence-electron chi connectivity index (χ4n) is 2.69. The Kier molecular flexibility index (Phi) is 8.50. The summed E-state index contributed by atoms with van der Waals surface area (Å²) in [6, 6.07) is 13.0. The number of aliphatic hydroxyl groups is 1. The number of hydrogen-bond acceptors (Lipinski definition) is 4. The molecule has 160 valence electrons. The maximum absolute atomic E-state index is 12.6. The summed E-state index contributed by atoms with van der Waals surface area (Å²) in [6.07, 6.45) is -5.46. The van der Waals surface area contributed by atoms with E-state index in [0.29, 0.717) is 5.56 Å². The van der Waals surface area contributed by atoms with Crippen LogP contribution in [-0.4, -0.2) is 42.2 Å². The Labute approximate surface area is 173 Å². The zero-order chi connectivity index (χ0) is 20.9. The van der Waals surface area contributed by atoms with E-state index in [1.807, 2.05) is 6.07 Å². The molecule has 2 atom stereocenters. The minimum atomic E-state index is -4.42. The van der Waals surface area contributed by atoms with Crippen LogP contribution in [0.2, 0.25) is 0 Å². The fraction of sp³-hybridized carbons (Fsp3) is 0.350. The average molecular weight is 433 g/mol. The number of likely N-dealkylation sites (N-methyl/N-ethyl adjacent to an activating group) is 1. The van der Waals surface area contributed by atoms with Crippen molar-refractivity contribution in [2.24, 2.45) is 5.73 Å². The van der Waals surface area contributed by atoms with Crippen LogP contribution in [0.5, 0.6) is 5.75 Å². The standard InChI is InChI=1S/C20H23F3N2O3.ClH/c1-19(24,14-6-4-3-5-7-14)18(27)25(2)12-16(26)13-28-17-10-8-15(9-11-17)20(21,22)23;/h3-11,16,26H,12-13,24H2,1-2H3;1H. The highest BCUT2D eigenvalue weighted by Crippen LogP contribution is 2.30. The Morgan fingerprint density at radius 2 is 1.66 bits per heavy atom. The van der Waals surface area contributed by atoms with Crippen LogP contribution in [0.25, 0.3) is 0 Å². The van der Waals surface area contributed by atoms with Gasteiger partial charge < -0.3 is 20.5 Å². The van der Waals surface area contributed by atoms with E-state index in [4.69, 9.17) is 10.5 Å². The SMILES string of the molecule is CN(CC(O)COc1ccc(C(F)(F)F)cc1)C(=O)C(C)(N)c1ccccc1.Cl. The molecule has 0 saturated heterocycles. The molecule has 0 aromatic heterocycles. The number of alkyl halides is 3. The number of halogens is 4. The van der Waals surface area contributed by atoms with Crippen molar-refractivity contribution in [2.75, 3.05) is 20.2 Å². The van der Waals surface area contributed by atoms with Crippen molar-refractivity contribution in [1.29, 1.82) is 0 Å². The van der Waals surface area contributed by atoms with Gasteiger partial charge in [-0.1, -0.05) is 30.3 Å². The predicted octanol–water partition coefficient (Wildman–Crippen LogP) is 3.20. The first-order valence-corrected chi connectivity index (χ1v) is 8.60. The van der Waals surface area contributed by atoms with Gasteiger partial charge in [-0.15, -0.1) is 12.4 Å². The normalized spacial score (nSPS) is 14.3. The summed E-state index contributed by atoms with van der Waals surface area (Å²) in [5.74, 6) is -0.193. The number of ether oxygens (including phenoxy) is 1. The molecule has 0 spiro atoms. The lowest BCUT2D eigenvalue weighted by atomic mass is 9.91. The van der Waals surface area contributed by atoms with Crippen molar-refractivity contribution in [1.82, 2.24) is 4.90 Å². The molecule has 2 aromatic rings. The molecule has 9 heteroatoms. The Bertz CT molecular complexity index is 784. The highest BCUT2D eigenvalue weighted by Gasteiger charge is 2.33. The molecule has 0 bridgehead atoms. The topological polar surface area (TPSA) is 75.8 Å². The second-order valence-corrected chi connectivity index (χ2v) is 6.74. The lowest BCUT2D eigenvalue weighted by molar-refractivity contribution is -0.137. The molecule has 1 amide bonds. The number of amides is 1. The van der Waals surface area contributed by atoms with Gasteiger partial charge in [0.1, 0.15) is 24.0 Å². The third-order valence-corrected chi connectivity index (χ3v) is 4.27. The molecule has 0 radical (unpaired) electrons. The maximum atomic E-state index is 12.6. The van der Waals surface area contributed by atoms with E-state index in [-0.39, 0.29) is 37.2 Å². The Balaban J connectivity index is 0.00000420. The number of benzene rings is 2. The predicted molar refractivity (Wildman–Crippen MR) is 106 cm³/mol. The number of aliphatic hydroxyl groups excluding tert-OH is 1. The lowest BCUT2D eigenvalue weighted by Gasteiger charge is -2.30. The highest BCUT2D eigenvalue weighted by molar-refractivity contribution is 5.87. The first-order chi connectivity index (χ1) is 13.0. The van der Waals surface area contributed by atoms with Crippen LogP contribution in [0.3, 0.4) is 0 Å². The molecule has 0 saturated carbocycles. The van der Waals surface area contributed by atoms with E-state index < -0.39 is 23.4 Å². The van der Waals surface area contributed by atoms with E-state index in [1.165, 1.54) is 24.1 Å². The molecule has 0 aliphatic heterocycles. The second kappa shape index (κ2) is 9.96. The molecule has 3 N–H and O–H groups in total. The number of carbonyl (C=O) groups excluding carboxylic acids is 1. The number of nitrogens with two attached hydrogens (primary N) is 1. The molecule has 5 nitrogen and oxygen atoms in total.